The highest BCUT2D eigenvalue weighted by atomic mass is 19.2. The normalized spacial score (nSPS) is 13.7. The number of hydrogen-bond acceptors (Lipinski definition) is 7. The molecule has 0 bridgehead atoms. The average molecular weight is 696 g/mol. The van der Waals surface area contributed by atoms with E-state index < -0.39 is 47.1 Å². The van der Waals surface area contributed by atoms with E-state index in [2.05, 4.69) is 31.3 Å². The minimum absolute atomic E-state index is 0.00788. The Labute approximate surface area is 291 Å². The van der Waals surface area contributed by atoms with Gasteiger partial charge in [-0.05, 0) is 93.1 Å². The van der Waals surface area contributed by atoms with Gasteiger partial charge in [-0.1, -0.05) is 30.3 Å². The maximum Gasteiger partial charge on any atom is 0.338 e. The van der Waals surface area contributed by atoms with E-state index in [0.717, 1.165) is 28.8 Å². The molecule has 0 radical (unpaired) electrons. The van der Waals surface area contributed by atoms with Crippen LogP contribution in [0.4, 0.5) is 25.0 Å². The summed E-state index contributed by atoms with van der Waals surface area (Å²) in [5.41, 5.74) is 3.09. The Kier molecular flexibility index (Phi) is 9.50. The molecule has 4 N–H and O–H groups in total. The molecule has 0 saturated carbocycles. The molecule has 5 aromatic rings. The molecular formula is C37H35F2N7O5. The lowest BCUT2D eigenvalue weighted by Crippen LogP contribution is -2.31. The molecule has 4 amide bonds. The van der Waals surface area contributed by atoms with E-state index in [1.165, 1.54) is 22.8 Å². The molecule has 1 unspecified atom stereocenters. The number of esters is 1. The summed E-state index contributed by atoms with van der Waals surface area (Å²) in [6, 6.07) is 15.7. The molecule has 1 aliphatic rings. The zero-order chi connectivity index (χ0) is 36.4. The molecule has 6 rings (SSSR count). The van der Waals surface area contributed by atoms with Crippen LogP contribution in [0.2, 0.25) is 0 Å². The SMILES string of the molecule is Cc1c(C(=O)OC(C)(C)C)ccc2c1CCC2NC(=O)c1cc(C(=O)NCc2ccc(F)c(F)c2)nc2c(NC(=O)Nc3ccccc3)cnn12. The average Bonchev–Trinajstić information content (AvgIpc) is 3.68. The summed E-state index contributed by atoms with van der Waals surface area (Å²) < 4.78 is 34.0. The number of amides is 4. The lowest BCUT2D eigenvalue weighted by atomic mass is 9.97. The number of hydrogen-bond donors (Lipinski definition) is 4. The molecule has 51 heavy (non-hydrogen) atoms. The highest BCUT2D eigenvalue weighted by molar-refractivity contribution is 6.03. The number of fused-ring (bicyclic) bond motifs is 2. The van der Waals surface area contributed by atoms with E-state index in [-0.39, 0.29) is 29.3 Å². The number of urea groups is 1. The number of carbonyl (C=O) groups excluding carboxylic acids is 4. The number of halogens is 2. The summed E-state index contributed by atoms with van der Waals surface area (Å²) in [7, 11) is 0. The molecule has 0 saturated heterocycles. The van der Waals surface area contributed by atoms with Gasteiger partial charge in [-0.15, -0.1) is 0 Å². The molecule has 2 aromatic heterocycles. The van der Waals surface area contributed by atoms with Gasteiger partial charge in [-0.3, -0.25) is 9.59 Å². The van der Waals surface area contributed by atoms with Gasteiger partial charge in [0.05, 0.1) is 17.8 Å². The predicted molar refractivity (Wildman–Crippen MR) is 184 cm³/mol. The summed E-state index contributed by atoms with van der Waals surface area (Å²) >= 11 is 0. The molecule has 3 aromatic carbocycles. The zero-order valence-corrected chi connectivity index (χ0v) is 28.3. The fourth-order valence-electron chi connectivity index (χ4n) is 5.87. The second-order valence-corrected chi connectivity index (χ2v) is 13.1. The molecule has 12 nitrogen and oxygen atoms in total. The van der Waals surface area contributed by atoms with Gasteiger partial charge in [0.2, 0.25) is 0 Å². The van der Waals surface area contributed by atoms with E-state index in [9.17, 15) is 28.0 Å². The fourth-order valence-corrected chi connectivity index (χ4v) is 5.87. The van der Waals surface area contributed by atoms with Crippen LogP contribution in [0.5, 0.6) is 0 Å². The van der Waals surface area contributed by atoms with Crippen molar-refractivity contribution in [2.75, 3.05) is 10.6 Å². The van der Waals surface area contributed by atoms with Crippen LogP contribution in [-0.2, 0) is 17.7 Å². The van der Waals surface area contributed by atoms with Crippen molar-refractivity contribution in [1.29, 1.82) is 0 Å². The first-order valence-corrected chi connectivity index (χ1v) is 16.2. The van der Waals surface area contributed by atoms with Crippen molar-refractivity contribution in [1.82, 2.24) is 25.2 Å². The van der Waals surface area contributed by atoms with Crippen molar-refractivity contribution < 1.29 is 32.7 Å². The first-order chi connectivity index (χ1) is 24.3. The molecule has 1 aliphatic carbocycles. The van der Waals surface area contributed by atoms with Crippen LogP contribution in [0.3, 0.4) is 0 Å². The van der Waals surface area contributed by atoms with Crippen LogP contribution in [0.25, 0.3) is 5.65 Å². The van der Waals surface area contributed by atoms with E-state index in [4.69, 9.17) is 4.74 Å². The van der Waals surface area contributed by atoms with Crippen molar-refractivity contribution in [3.63, 3.8) is 0 Å². The van der Waals surface area contributed by atoms with Crippen LogP contribution in [0, 0.1) is 18.6 Å². The Balaban J connectivity index is 1.29. The Morgan fingerprint density at radius 2 is 1.71 bits per heavy atom. The lowest BCUT2D eigenvalue weighted by molar-refractivity contribution is 0.00682. The van der Waals surface area contributed by atoms with Crippen LogP contribution in [0.15, 0.2) is 72.9 Å². The molecule has 14 heteroatoms. The van der Waals surface area contributed by atoms with Gasteiger partial charge < -0.3 is 26.0 Å². The van der Waals surface area contributed by atoms with Gasteiger partial charge >= 0.3 is 12.0 Å². The maximum absolute atomic E-state index is 14.0. The first-order valence-electron chi connectivity index (χ1n) is 16.2. The van der Waals surface area contributed by atoms with E-state index in [1.54, 1.807) is 63.2 Å². The van der Waals surface area contributed by atoms with Crippen LogP contribution >= 0.6 is 0 Å². The van der Waals surface area contributed by atoms with Gasteiger partial charge in [0.25, 0.3) is 11.8 Å². The Morgan fingerprint density at radius 1 is 0.941 bits per heavy atom. The van der Waals surface area contributed by atoms with Gasteiger partial charge in [-0.25, -0.2) is 27.9 Å². The Hall–Kier alpha value is -6.18. The smallest absolute Gasteiger partial charge is 0.338 e. The monoisotopic (exact) mass is 695 g/mol. The minimum Gasteiger partial charge on any atom is -0.456 e. The molecule has 262 valence electrons. The predicted octanol–water partition coefficient (Wildman–Crippen LogP) is 6.26. The molecule has 1 atom stereocenters. The van der Waals surface area contributed by atoms with E-state index in [1.807, 2.05) is 6.92 Å². The fraction of sp³-hybridized carbons (Fsp3) is 0.243. The molecule has 0 spiro atoms. The van der Waals surface area contributed by atoms with Crippen molar-refractivity contribution in [2.24, 2.45) is 0 Å². The second-order valence-electron chi connectivity index (χ2n) is 13.1. The third-order valence-corrected chi connectivity index (χ3v) is 8.27. The van der Waals surface area contributed by atoms with E-state index in [0.29, 0.717) is 29.7 Å². The van der Waals surface area contributed by atoms with Crippen molar-refractivity contribution in [3.05, 3.63) is 124 Å². The number of nitrogens with one attached hydrogen (secondary N) is 4. The number of carbonyl (C=O) groups is 4. The van der Waals surface area contributed by atoms with Crippen LogP contribution < -0.4 is 21.3 Å². The summed E-state index contributed by atoms with van der Waals surface area (Å²) in [6.07, 6.45) is 2.47. The quantitative estimate of drug-likeness (QED) is 0.140. The van der Waals surface area contributed by atoms with Crippen molar-refractivity contribution in [3.8, 4) is 0 Å². The molecule has 0 fully saturated rings. The maximum atomic E-state index is 14.0. The largest absolute Gasteiger partial charge is 0.456 e. The Bertz CT molecular complexity index is 2180. The minimum atomic E-state index is -1.06. The third kappa shape index (κ3) is 7.69. The first kappa shape index (κ1) is 34.7. The number of aromatic nitrogens is 3. The lowest BCUT2D eigenvalue weighted by Gasteiger charge is -2.21. The van der Waals surface area contributed by atoms with Crippen LogP contribution in [0.1, 0.15) is 86.8 Å². The number of anilines is 2. The number of ether oxygens (including phenoxy) is 1. The number of benzene rings is 3. The number of nitrogens with zero attached hydrogens (tertiary/aromatic N) is 3. The van der Waals surface area contributed by atoms with Gasteiger partial charge in [0.1, 0.15) is 22.7 Å². The van der Waals surface area contributed by atoms with E-state index >= 15 is 0 Å². The van der Waals surface area contributed by atoms with Gasteiger partial charge in [0.15, 0.2) is 17.3 Å². The van der Waals surface area contributed by atoms with Crippen molar-refractivity contribution >= 4 is 40.8 Å². The Morgan fingerprint density at radius 3 is 2.43 bits per heavy atom. The summed E-state index contributed by atoms with van der Waals surface area (Å²) in [5, 5.41) is 15.3. The second kappa shape index (κ2) is 14.0. The van der Waals surface area contributed by atoms with Gasteiger partial charge in [0, 0.05) is 18.3 Å². The molecular weight excluding hydrogens is 660 g/mol. The standard InChI is InChI=1S/C37H35F2N7O5/c1-20-23-13-15-28(25(23)12-11-24(20)35(49)51-37(2,3)4)44-34(48)31-17-29(33(47)40-18-21-10-14-26(38)27(39)16-21)43-32-30(19-41-46(31)32)45-36(50)42-22-8-6-5-7-9-22/h5-12,14,16-17,19,28H,13,15,18H2,1-4H3,(H,40,47)(H,44,48)(H2,42,45,50). The summed E-state index contributed by atoms with van der Waals surface area (Å²) in [6.45, 7) is 7.10. The number of rotatable bonds is 8. The highest BCUT2D eigenvalue weighted by Crippen LogP contribution is 2.35. The van der Waals surface area contributed by atoms with Crippen molar-refractivity contribution in [2.45, 2.75) is 58.7 Å². The summed E-state index contributed by atoms with van der Waals surface area (Å²) in [4.78, 5) is 57.4. The highest BCUT2D eigenvalue weighted by Gasteiger charge is 2.30. The van der Waals surface area contributed by atoms with Gasteiger partial charge in [-0.2, -0.15) is 5.10 Å². The molecule has 2 heterocycles. The summed E-state index contributed by atoms with van der Waals surface area (Å²) in [5.74, 6) is -3.80. The third-order valence-electron chi connectivity index (χ3n) is 8.27. The number of para-hydroxylation sites is 1. The zero-order valence-electron chi connectivity index (χ0n) is 28.3. The van der Waals surface area contributed by atoms with Crippen LogP contribution in [-0.4, -0.2) is 44.0 Å². The molecule has 0 aliphatic heterocycles. The topological polar surface area (TPSA) is 156 Å².